The highest BCUT2D eigenvalue weighted by Gasteiger charge is 2.30. The zero-order valence-corrected chi connectivity index (χ0v) is 15.8. The summed E-state index contributed by atoms with van der Waals surface area (Å²) in [4.78, 5) is 38.6. The van der Waals surface area contributed by atoms with E-state index in [1.54, 1.807) is 17.0 Å². The van der Waals surface area contributed by atoms with Crippen LogP contribution in [-0.4, -0.2) is 42.9 Å². The summed E-state index contributed by atoms with van der Waals surface area (Å²) in [5, 5.41) is 2.98. The molecule has 148 valence electrons. The Balaban J connectivity index is 1.58. The van der Waals surface area contributed by atoms with Crippen LogP contribution in [0.3, 0.4) is 0 Å². The van der Waals surface area contributed by atoms with Crippen LogP contribution in [0.15, 0.2) is 53.1 Å². The molecule has 0 spiro atoms. The van der Waals surface area contributed by atoms with E-state index in [4.69, 9.17) is 9.15 Å². The van der Waals surface area contributed by atoms with Crippen molar-refractivity contribution in [2.45, 2.75) is 25.3 Å². The monoisotopic (exact) mass is 384 g/mol. The number of amides is 2. The van der Waals surface area contributed by atoms with Gasteiger partial charge in [-0.1, -0.05) is 30.3 Å². The van der Waals surface area contributed by atoms with Crippen LogP contribution in [0, 0.1) is 5.92 Å². The maximum atomic E-state index is 12.8. The first kappa shape index (κ1) is 19.7. The van der Waals surface area contributed by atoms with E-state index in [1.807, 2.05) is 30.3 Å². The lowest BCUT2D eigenvalue weighted by molar-refractivity contribution is -0.141. The second kappa shape index (κ2) is 9.21. The van der Waals surface area contributed by atoms with Crippen LogP contribution in [0.25, 0.3) is 0 Å². The van der Waals surface area contributed by atoms with E-state index in [-0.39, 0.29) is 30.1 Å². The Morgan fingerprint density at radius 3 is 2.46 bits per heavy atom. The SMILES string of the molecule is COC(=O)CC(NC(=O)C1CCN(C(=O)c2ccco2)CC1)c1ccccc1. The fraction of sp³-hybridized carbons (Fsp3) is 0.381. The average Bonchev–Trinajstić information content (AvgIpc) is 3.28. The highest BCUT2D eigenvalue weighted by molar-refractivity contribution is 5.91. The second-order valence-corrected chi connectivity index (χ2v) is 6.80. The molecule has 2 aromatic rings. The zero-order chi connectivity index (χ0) is 19.9. The Bertz CT molecular complexity index is 795. The average molecular weight is 384 g/mol. The Kier molecular flexibility index (Phi) is 6.47. The van der Waals surface area contributed by atoms with Crippen LogP contribution >= 0.6 is 0 Å². The largest absolute Gasteiger partial charge is 0.469 e. The first-order chi connectivity index (χ1) is 13.6. The van der Waals surface area contributed by atoms with Crippen molar-refractivity contribution in [1.29, 1.82) is 0 Å². The van der Waals surface area contributed by atoms with E-state index in [2.05, 4.69) is 5.32 Å². The van der Waals surface area contributed by atoms with E-state index in [0.29, 0.717) is 31.7 Å². The highest BCUT2D eigenvalue weighted by atomic mass is 16.5. The van der Waals surface area contributed by atoms with Crippen LogP contribution in [0.5, 0.6) is 0 Å². The zero-order valence-electron chi connectivity index (χ0n) is 15.8. The molecular weight excluding hydrogens is 360 g/mol. The number of esters is 1. The van der Waals surface area contributed by atoms with Crippen LogP contribution in [-0.2, 0) is 14.3 Å². The third-order valence-electron chi connectivity index (χ3n) is 5.00. The van der Waals surface area contributed by atoms with Crippen molar-refractivity contribution in [3.63, 3.8) is 0 Å². The van der Waals surface area contributed by atoms with E-state index >= 15 is 0 Å². The van der Waals surface area contributed by atoms with E-state index in [9.17, 15) is 14.4 Å². The Morgan fingerprint density at radius 2 is 1.86 bits per heavy atom. The Hall–Kier alpha value is -3.09. The minimum atomic E-state index is -0.441. The summed E-state index contributed by atoms with van der Waals surface area (Å²) in [6.45, 7) is 0.981. The molecule has 0 radical (unpaired) electrons. The minimum absolute atomic E-state index is 0.0715. The topological polar surface area (TPSA) is 88.9 Å². The Labute approximate surface area is 163 Å². The van der Waals surface area contributed by atoms with Gasteiger partial charge in [0.15, 0.2) is 5.76 Å². The molecule has 1 unspecified atom stereocenters. The first-order valence-corrected chi connectivity index (χ1v) is 9.33. The van der Waals surface area contributed by atoms with Crippen molar-refractivity contribution in [2.75, 3.05) is 20.2 Å². The number of benzene rings is 1. The van der Waals surface area contributed by atoms with Gasteiger partial charge in [-0.05, 0) is 30.5 Å². The van der Waals surface area contributed by atoms with Crippen molar-refractivity contribution in [1.82, 2.24) is 10.2 Å². The van der Waals surface area contributed by atoms with Crippen molar-refractivity contribution >= 4 is 17.8 Å². The number of hydrogen-bond acceptors (Lipinski definition) is 5. The molecule has 1 aromatic heterocycles. The standard InChI is InChI=1S/C21H24N2O5/c1-27-19(24)14-17(15-6-3-2-4-7-15)22-20(25)16-9-11-23(12-10-16)21(26)18-8-5-13-28-18/h2-8,13,16-17H,9-12,14H2,1H3,(H,22,25). The summed E-state index contributed by atoms with van der Waals surface area (Å²) < 4.78 is 9.92. The maximum Gasteiger partial charge on any atom is 0.307 e. The number of nitrogens with one attached hydrogen (secondary N) is 1. The van der Waals surface area contributed by atoms with Crippen LogP contribution in [0.4, 0.5) is 0 Å². The van der Waals surface area contributed by atoms with Gasteiger partial charge in [0.25, 0.3) is 5.91 Å². The molecular formula is C21H24N2O5. The van der Waals surface area contributed by atoms with Gasteiger partial charge in [0.05, 0.1) is 25.8 Å². The molecule has 1 aliphatic rings. The number of rotatable bonds is 6. The first-order valence-electron chi connectivity index (χ1n) is 9.33. The molecule has 1 aliphatic heterocycles. The third-order valence-corrected chi connectivity index (χ3v) is 5.00. The second-order valence-electron chi connectivity index (χ2n) is 6.80. The van der Waals surface area contributed by atoms with Gasteiger partial charge in [-0.2, -0.15) is 0 Å². The smallest absolute Gasteiger partial charge is 0.307 e. The van der Waals surface area contributed by atoms with Crippen LogP contribution in [0.1, 0.15) is 41.4 Å². The summed E-state index contributed by atoms with van der Waals surface area (Å²) in [6, 6.07) is 12.2. The lowest BCUT2D eigenvalue weighted by Gasteiger charge is -2.31. The number of likely N-dealkylation sites (tertiary alicyclic amines) is 1. The van der Waals surface area contributed by atoms with Crippen molar-refractivity contribution in [3.8, 4) is 0 Å². The van der Waals surface area contributed by atoms with Gasteiger partial charge < -0.3 is 19.4 Å². The summed E-state index contributed by atoms with van der Waals surface area (Å²) in [7, 11) is 1.33. The molecule has 1 saturated heterocycles. The number of ether oxygens (including phenoxy) is 1. The predicted octanol–water partition coefficient (Wildman–Crippen LogP) is 2.55. The lowest BCUT2D eigenvalue weighted by atomic mass is 9.94. The number of carbonyl (C=O) groups is 3. The van der Waals surface area contributed by atoms with Gasteiger partial charge >= 0.3 is 5.97 Å². The number of nitrogens with zero attached hydrogens (tertiary/aromatic N) is 1. The molecule has 1 atom stereocenters. The van der Waals surface area contributed by atoms with Gasteiger partial charge in [0.1, 0.15) is 0 Å². The number of furan rings is 1. The number of carbonyl (C=O) groups excluding carboxylic acids is 3. The minimum Gasteiger partial charge on any atom is -0.469 e. The molecule has 7 heteroatoms. The summed E-state index contributed by atoms with van der Waals surface area (Å²) in [5.41, 5.74) is 0.853. The van der Waals surface area contributed by atoms with Gasteiger partial charge in [0.2, 0.25) is 5.91 Å². The predicted molar refractivity (Wildman–Crippen MR) is 101 cm³/mol. The molecule has 1 fully saturated rings. The van der Waals surface area contributed by atoms with Crippen molar-refractivity contribution < 1.29 is 23.5 Å². The molecule has 2 amide bonds. The lowest BCUT2D eigenvalue weighted by Crippen LogP contribution is -2.44. The molecule has 7 nitrogen and oxygen atoms in total. The van der Waals surface area contributed by atoms with Crippen molar-refractivity contribution in [3.05, 3.63) is 60.1 Å². The molecule has 3 rings (SSSR count). The normalized spacial score (nSPS) is 15.7. The van der Waals surface area contributed by atoms with Gasteiger partial charge in [0, 0.05) is 19.0 Å². The molecule has 1 aromatic carbocycles. The molecule has 2 heterocycles. The molecule has 0 bridgehead atoms. The molecule has 1 N–H and O–H groups in total. The van der Waals surface area contributed by atoms with Crippen molar-refractivity contribution in [2.24, 2.45) is 5.92 Å². The Morgan fingerprint density at radius 1 is 1.14 bits per heavy atom. The highest BCUT2D eigenvalue weighted by Crippen LogP contribution is 2.23. The summed E-state index contributed by atoms with van der Waals surface area (Å²) in [6.07, 6.45) is 2.68. The summed E-state index contributed by atoms with van der Waals surface area (Å²) in [5.74, 6) is -0.540. The fourth-order valence-electron chi connectivity index (χ4n) is 3.38. The molecule has 0 saturated carbocycles. The number of hydrogen-bond donors (Lipinski definition) is 1. The third kappa shape index (κ3) is 4.79. The van der Waals surface area contributed by atoms with Crippen LogP contribution < -0.4 is 5.32 Å². The van der Waals surface area contributed by atoms with E-state index < -0.39 is 6.04 Å². The maximum absolute atomic E-state index is 12.8. The molecule has 0 aliphatic carbocycles. The van der Waals surface area contributed by atoms with E-state index in [0.717, 1.165) is 5.56 Å². The van der Waals surface area contributed by atoms with Gasteiger partial charge in [-0.3, -0.25) is 14.4 Å². The molecule has 28 heavy (non-hydrogen) atoms. The van der Waals surface area contributed by atoms with E-state index in [1.165, 1.54) is 13.4 Å². The quantitative estimate of drug-likeness (QED) is 0.773. The van der Waals surface area contributed by atoms with Gasteiger partial charge in [-0.15, -0.1) is 0 Å². The van der Waals surface area contributed by atoms with Crippen LogP contribution in [0.2, 0.25) is 0 Å². The summed E-state index contributed by atoms with van der Waals surface area (Å²) >= 11 is 0. The fourth-order valence-corrected chi connectivity index (χ4v) is 3.38. The number of methoxy groups -OCH3 is 1. The van der Waals surface area contributed by atoms with Gasteiger partial charge in [-0.25, -0.2) is 0 Å². The number of piperidine rings is 1.